The average Bonchev–Trinajstić information content (AvgIpc) is 3.24. The number of aromatic nitrogens is 1. The maximum Gasteiger partial charge on any atom is 0.240 e. The van der Waals surface area contributed by atoms with Crippen LogP contribution in [0.3, 0.4) is 0 Å². The molecule has 0 saturated heterocycles. The van der Waals surface area contributed by atoms with Crippen molar-refractivity contribution in [2.45, 2.75) is 44.2 Å². The second-order valence-corrected chi connectivity index (χ2v) is 7.54. The first-order valence-corrected chi connectivity index (χ1v) is 8.79. The lowest BCUT2D eigenvalue weighted by Gasteiger charge is -2.09. The standard InChI is InChI=1S/C16H19FN2O2S/c1-11-9-13(12(2)19(11)15-5-6-15)10-18-22(20,21)16-7-3-14(17)4-8-16/h3-4,7-9,15,18H,5-6,10H2,1-2H3. The monoisotopic (exact) mass is 322 g/mol. The highest BCUT2D eigenvalue weighted by Crippen LogP contribution is 2.38. The second kappa shape index (κ2) is 5.52. The molecule has 0 aliphatic heterocycles. The molecule has 3 rings (SSSR count). The van der Waals surface area contributed by atoms with Gasteiger partial charge in [0.1, 0.15) is 5.82 Å². The largest absolute Gasteiger partial charge is 0.346 e. The van der Waals surface area contributed by atoms with E-state index in [9.17, 15) is 12.8 Å². The minimum absolute atomic E-state index is 0.0740. The highest BCUT2D eigenvalue weighted by molar-refractivity contribution is 7.89. The molecule has 4 nitrogen and oxygen atoms in total. The first kappa shape index (κ1) is 15.2. The molecule has 22 heavy (non-hydrogen) atoms. The van der Waals surface area contributed by atoms with Crippen LogP contribution < -0.4 is 4.72 Å². The van der Waals surface area contributed by atoms with Crippen LogP contribution in [-0.4, -0.2) is 13.0 Å². The zero-order chi connectivity index (χ0) is 15.9. The van der Waals surface area contributed by atoms with E-state index in [-0.39, 0.29) is 11.4 Å². The Bertz CT molecular complexity index is 790. The van der Waals surface area contributed by atoms with Crippen LogP contribution in [0.15, 0.2) is 35.2 Å². The van der Waals surface area contributed by atoms with Crippen molar-refractivity contribution in [3.8, 4) is 0 Å². The van der Waals surface area contributed by atoms with E-state index in [4.69, 9.17) is 0 Å². The van der Waals surface area contributed by atoms with Gasteiger partial charge in [0.25, 0.3) is 0 Å². The van der Waals surface area contributed by atoms with E-state index in [0.29, 0.717) is 6.04 Å². The van der Waals surface area contributed by atoms with Crippen molar-refractivity contribution in [1.82, 2.24) is 9.29 Å². The highest BCUT2D eigenvalue weighted by atomic mass is 32.2. The quantitative estimate of drug-likeness (QED) is 0.920. The molecule has 1 N–H and O–H groups in total. The zero-order valence-corrected chi connectivity index (χ0v) is 13.5. The lowest BCUT2D eigenvalue weighted by atomic mass is 10.2. The Morgan fingerprint density at radius 1 is 1.23 bits per heavy atom. The number of rotatable bonds is 5. The molecule has 6 heteroatoms. The summed E-state index contributed by atoms with van der Waals surface area (Å²) in [7, 11) is -3.63. The van der Waals surface area contributed by atoms with Crippen LogP contribution in [0.4, 0.5) is 4.39 Å². The molecule has 0 amide bonds. The Morgan fingerprint density at radius 3 is 2.45 bits per heavy atom. The third-order valence-corrected chi connectivity index (χ3v) is 5.49. The third-order valence-electron chi connectivity index (χ3n) is 4.08. The molecule has 1 saturated carbocycles. The van der Waals surface area contributed by atoms with Crippen LogP contribution in [0.2, 0.25) is 0 Å². The van der Waals surface area contributed by atoms with E-state index in [1.807, 2.05) is 19.9 Å². The molecular weight excluding hydrogens is 303 g/mol. The molecule has 0 bridgehead atoms. The fourth-order valence-corrected chi connectivity index (χ4v) is 3.80. The fourth-order valence-electron chi connectivity index (χ4n) is 2.79. The van der Waals surface area contributed by atoms with Crippen molar-refractivity contribution in [3.05, 3.63) is 53.1 Å². The number of nitrogens with zero attached hydrogens (tertiary/aromatic N) is 1. The number of halogens is 1. The summed E-state index contributed by atoms with van der Waals surface area (Å²) in [6.07, 6.45) is 2.38. The molecular formula is C16H19FN2O2S. The Labute approximate surface area is 130 Å². The van der Waals surface area contributed by atoms with Gasteiger partial charge in [-0.1, -0.05) is 0 Å². The number of benzene rings is 1. The summed E-state index contributed by atoms with van der Waals surface area (Å²) < 4.78 is 42.2. The molecule has 1 aromatic heterocycles. The van der Waals surface area contributed by atoms with Crippen molar-refractivity contribution in [1.29, 1.82) is 0 Å². The van der Waals surface area contributed by atoms with Crippen LogP contribution in [0.5, 0.6) is 0 Å². The summed E-state index contributed by atoms with van der Waals surface area (Å²) in [6, 6.07) is 7.43. The van der Waals surface area contributed by atoms with Crippen LogP contribution in [0, 0.1) is 19.7 Å². The van der Waals surface area contributed by atoms with Crippen LogP contribution in [-0.2, 0) is 16.6 Å². The summed E-state index contributed by atoms with van der Waals surface area (Å²) >= 11 is 0. The molecule has 0 unspecified atom stereocenters. The van der Waals surface area contributed by atoms with Gasteiger partial charge < -0.3 is 4.57 Å². The SMILES string of the molecule is Cc1cc(CNS(=O)(=O)c2ccc(F)cc2)c(C)n1C1CC1. The van der Waals surface area contributed by atoms with Gasteiger partial charge in [-0.3, -0.25) is 0 Å². The molecule has 2 aromatic rings. The van der Waals surface area contributed by atoms with Gasteiger partial charge in [0.2, 0.25) is 10.0 Å². The molecule has 0 atom stereocenters. The number of hydrogen-bond acceptors (Lipinski definition) is 2. The van der Waals surface area contributed by atoms with E-state index >= 15 is 0 Å². The van der Waals surface area contributed by atoms with E-state index < -0.39 is 15.8 Å². The molecule has 0 radical (unpaired) electrons. The van der Waals surface area contributed by atoms with Crippen molar-refractivity contribution in [3.63, 3.8) is 0 Å². The zero-order valence-electron chi connectivity index (χ0n) is 12.6. The predicted molar refractivity (Wildman–Crippen MR) is 82.6 cm³/mol. The van der Waals surface area contributed by atoms with Crippen LogP contribution in [0.1, 0.15) is 35.8 Å². The maximum atomic E-state index is 12.9. The fraction of sp³-hybridized carbons (Fsp3) is 0.375. The lowest BCUT2D eigenvalue weighted by Crippen LogP contribution is -2.23. The van der Waals surface area contributed by atoms with Gasteiger partial charge in [-0.2, -0.15) is 0 Å². The van der Waals surface area contributed by atoms with Gasteiger partial charge in [-0.15, -0.1) is 0 Å². The van der Waals surface area contributed by atoms with E-state index in [1.165, 1.54) is 25.0 Å². The average molecular weight is 322 g/mol. The third kappa shape index (κ3) is 2.94. The van der Waals surface area contributed by atoms with Gasteiger partial charge in [0, 0.05) is 24.0 Å². The molecule has 0 spiro atoms. The van der Waals surface area contributed by atoms with E-state index in [0.717, 1.165) is 29.1 Å². The number of hydrogen-bond donors (Lipinski definition) is 1. The van der Waals surface area contributed by atoms with Gasteiger partial charge >= 0.3 is 0 Å². The van der Waals surface area contributed by atoms with Crippen molar-refractivity contribution >= 4 is 10.0 Å². The molecule has 1 fully saturated rings. The smallest absolute Gasteiger partial charge is 0.240 e. The summed E-state index contributed by atoms with van der Waals surface area (Å²) in [4.78, 5) is 0.0740. The lowest BCUT2D eigenvalue weighted by molar-refractivity contribution is 0.580. The van der Waals surface area contributed by atoms with Gasteiger partial charge in [-0.25, -0.2) is 17.5 Å². The number of nitrogens with one attached hydrogen (secondary N) is 1. The van der Waals surface area contributed by atoms with Crippen molar-refractivity contribution in [2.75, 3.05) is 0 Å². The molecule has 1 aromatic carbocycles. The Kier molecular flexibility index (Phi) is 3.82. The Hall–Kier alpha value is -1.66. The molecule has 1 aliphatic rings. The molecule has 118 valence electrons. The van der Waals surface area contributed by atoms with Gasteiger partial charge in [0.15, 0.2) is 0 Å². The topological polar surface area (TPSA) is 51.1 Å². The van der Waals surface area contributed by atoms with E-state index in [2.05, 4.69) is 9.29 Å². The van der Waals surface area contributed by atoms with Crippen LogP contribution in [0.25, 0.3) is 0 Å². The van der Waals surface area contributed by atoms with Gasteiger partial charge in [0.05, 0.1) is 4.90 Å². The summed E-state index contributed by atoms with van der Waals surface area (Å²) in [6.45, 7) is 4.31. The number of sulfonamides is 1. The Balaban J connectivity index is 1.77. The second-order valence-electron chi connectivity index (χ2n) is 5.78. The minimum Gasteiger partial charge on any atom is -0.346 e. The molecule has 1 aliphatic carbocycles. The first-order valence-electron chi connectivity index (χ1n) is 7.31. The van der Waals surface area contributed by atoms with Crippen molar-refractivity contribution in [2.24, 2.45) is 0 Å². The van der Waals surface area contributed by atoms with Crippen LogP contribution >= 0.6 is 0 Å². The Morgan fingerprint density at radius 2 is 1.86 bits per heavy atom. The van der Waals surface area contributed by atoms with Gasteiger partial charge in [-0.05, 0) is 62.6 Å². The van der Waals surface area contributed by atoms with Crippen molar-refractivity contribution < 1.29 is 12.8 Å². The van der Waals surface area contributed by atoms with E-state index in [1.54, 1.807) is 0 Å². The summed E-state index contributed by atoms with van der Waals surface area (Å²) in [5.41, 5.74) is 3.26. The highest BCUT2D eigenvalue weighted by Gasteiger charge is 2.27. The maximum absolute atomic E-state index is 12.9. The minimum atomic E-state index is -3.63. The number of aryl methyl sites for hydroxylation is 1. The first-order chi connectivity index (χ1) is 10.4. The predicted octanol–water partition coefficient (Wildman–Crippen LogP) is 3.06. The normalized spacial score (nSPS) is 15.2. The summed E-state index contributed by atoms with van der Waals surface area (Å²) in [5, 5.41) is 0. The summed E-state index contributed by atoms with van der Waals surface area (Å²) in [5.74, 6) is -0.452. The molecule has 1 heterocycles.